The molecule has 1 aromatic rings. The lowest BCUT2D eigenvalue weighted by Gasteiger charge is -2.31. The van der Waals surface area contributed by atoms with Gasteiger partial charge in [0.05, 0.1) is 4.92 Å². The highest BCUT2D eigenvalue weighted by Gasteiger charge is 2.24. The van der Waals surface area contributed by atoms with Crippen LogP contribution in [0.25, 0.3) is 0 Å². The molecule has 0 aromatic heterocycles. The Hall–Kier alpha value is -1.53. The molecule has 6 heteroatoms. The molecule has 0 spiro atoms. The van der Waals surface area contributed by atoms with E-state index in [0.29, 0.717) is 6.42 Å². The SMILES string of the molecule is CC(C)(C)C(CCO)NCc1cccc([N+](=O)[O-])c1F. The summed E-state index contributed by atoms with van der Waals surface area (Å²) in [6.45, 7) is 6.28. The van der Waals surface area contributed by atoms with Gasteiger partial charge in [-0.25, -0.2) is 0 Å². The Bertz CT molecular complexity index is 472. The van der Waals surface area contributed by atoms with Crippen molar-refractivity contribution in [3.05, 3.63) is 39.7 Å². The number of nitro groups is 1. The van der Waals surface area contributed by atoms with Crippen LogP contribution in [0.5, 0.6) is 0 Å². The minimum absolute atomic E-state index is 0.00818. The molecule has 0 aliphatic rings. The van der Waals surface area contributed by atoms with Gasteiger partial charge in [0.2, 0.25) is 5.82 Å². The van der Waals surface area contributed by atoms with Gasteiger partial charge in [-0.2, -0.15) is 4.39 Å². The number of rotatable bonds is 6. The van der Waals surface area contributed by atoms with Crippen LogP contribution in [0.4, 0.5) is 10.1 Å². The maximum absolute atomic E-state index is 13.9. The molecule has 1 unspecified atom stereocenters. The molecule has 0 saturated carbocycles. The van der Waals surface area contributed by atoms with E-state index >= 15 is 0 Å². The van der Waals surface area contributed by atoms with Gasteiger partial charge < -0.3 is 10.4 Å². The molecule has 0 heterocycles. The topological polar surface area (TPSA) is 75.4 Å². The molecule has 112 valence electrons. The van der Waals surface area contributed by atoms with Crippen molar-refractivity contribution in [2.45, 2.75) is 39.8 Å². The quantitative estimate of drug-likeness (QED) is 0.622. The molecule has 1 rings (SSSR count). The molecular formula is C14H21FN2O3. The maximum atomic E-state index is 13.9. The molecule has 1 atom stereocenters. The van der Waals surface area contributed by atoms with Crippen molar-refractivity contribution < 1.29 is 14.4 Å². The Kier molecular flexibility index (Phi) is 5.59. The summed E-state index contributed by atoms with van der Waals surface area (Å²) in [7, 11) is 0. The van der Waals surface area contributed by atoms with E-state index in [1.165, 1.54) is 12.1 Å². The zero-order chi connectivity index (χ0) is 15.3. The van der Waals surface area contributed by atoms with Crippen LogP contribution < -0.4 is 5.32 Å². The first-order valence-electron chi connectivity index (χ1n) is 6.53. The van der Waals surface area contributed by atoms with Gasteiger partial charge in [0.1, 0.15) is 0 Å². The largest absolute Gasteiger partial charge is 0.396 e. The first-order valence-corrected chi connectivity index (χ1v) is 6.53. The van der Waals surface area contributed by atoms with Crippen LogP contribution in [0.3, 0.4) is 0 Å². The van der Waals surface area contributed by atoms with Crippen LogP contribution in [-0.4, -0.2) is 22.7 Å². The number of hydrogen-bond acceptors (Lipinski definition) is 4. The Balaban J connectivity index is 2.83. The lowest BCUT2D eigenvalue weighted by molar-refractivity contribution is -0.387. The van der Waals surface area contributed by atoms with Crippen LogP contribution in [0.1, 0.15) is 32.8 Å². The van der Waals surface area contributed by atoms with Crippen LogP contribution in [0.15, 0.2) is 18.2 Å². The number of benzene rings is 1. The summed E-state index contributed by atoms with van der Waals surface area (Å²) in [4.78, 5) is 9.96. The van der Waals surface area contributed by atoms with E-state index in [9.17, 15) is 14.5 Å². The van der Waals surface area contributed by atoms with E-state index < -0.39 is 16.4 Å². The third-order valence-corrected chi connectivity index (χ3v) is 3.26. The summed E-state index contributed by atoms with van der Waals surface area (Å²) >= 11 is 0. The third-order valence-electron chi connectivity index (χ3n) is 3.26. The third kappa shape index (κ3) is 4.25. The molecule has 0 saturated heterocycles. The summed E-state index contributed by atoms with van der Waals surface area (Å²) in [6.07, 6.45) is 0.542. The van der Waals surface area contributed by atoms with Crippen LogP contribution in [-0.2, 0) is 6.54 Å². The first kappa shape index (κ1) is 16.5. The molecule has 0 fully saturated rings. The minimum atomic E-state index is -0.804. The van der Waals surface area contributed by atoms with E-state index in [1.54, 1.807) is 0 Å². The highest BCUT2D eigenvalue weighted by Crippen LogP contribution is 2.24. The molecule has 2 N–H and O–H groups in total. The van der Waals surface area contributed by atoms with Gasteiger partial charge in [-0.15, -0.1) is 0 Å². The van der Waals surface area contributed by atoms with Gasteiger partial charge in [-0.3, -0.25) is 10.1 Å². The molecule has 0 radical (unpaired) electrons. The van der Waals surface area contributed by atoms with E-state index in [1.807, 2.05) is 20.8 Å². The van der Waals surface area contributed by atoms with Gasteiger partial charge in [-0.05, 0) is 11.8 Å². The summed E-state index contributed by atoms with van der Waals surface area (Å²) in [6, 6.07) is 4.13. The van der Waals surface area contributed by atoms with Crippen molar-refractivity contribution in [1.29, 1.82) is 0 Å². The smallest absolute Gasteiger partial charge is 0.305 e. The van der Waals surface area contributed by atoms with Gasteiger partial charge in [-0.1, -0.05) is 32.9 Å². The predicted molar refractivity (Wildman–Crippen MR) is 74.8 cm³/mol. The molecule has 5 nitrogen and oxygen atoms in total. The fraction of sp³-hybridized carbons (Fsp3) is 0.571. The van der Waals surface area contributed by atoms with Crippen LogP contribution in [0, 0.1) is 21.3 Å². The number of halogens is 1. The minimum Gasteiger partial charge on any atom is -0.396 e. The van der Waals surface area contributed by atoms with Gasteiger partial charge in [0.15, 0.2) is 0 Å². The molecular weight excluding hydrogens is 263 g/mol. The van der Waals surface area contributed by atoms with Gasteiger partial charge >= 0.3 is 5.69 Å². The molecule has 0 bridgehead atoms. The van der Waals surface area contributed by atoms with Crippen molar-refractivity contribution in [2.75, 3.05) is 6.61 Å². The molecule has 0 aliphatic heterocycles. The monoisotopic (exact) mass is 284 g/mol. The number of nitrogens with one attached hydrogen (secondary N) is 1. The average molecular weight is 284 g/mol. The van der Waals surface area contributed by atoms with Gasteiger partial charge in [0, 0.05) is 30.8 Å². The van der Waals surface area contributed by atoms with E-state index in [-0.39, 0.29) is 30.2 Å². The van der Waals surface area contributed by atoms with Crippen molar-refractivity contribution >= 4 is 5.69 Å². The van der Waals surface area contributed by atoms with E-state index in [4.69, 9.17) is 5.11 Å². The highest BCUT2D eigenvalue weighted by molar-refractivity contribution is 5.36. The average Bonchev–Trinajstić information content (AvgIpc) is 2.34. The van der Waals surface area contributed by atoms with E-state index in [0.717, 1.165) is 6.07 Å². The maximum Gasteiger partial charge on any atom is 0.305 e. The zero-order valence-electron chi connectivity index (χ0n) is 12.0. The van der Waals surface area contributed by atoms with Gasteiger partial charge in [0.25, 0.3) is 0 Å². The number of nitrogens with zero attached hydrogens (tertiary/aromatic N) is 1. The normalized spacial score (nSPS) is 13.2. The standard InChI is InChI=1S/C14H21FN2O3/c1-14(2,3)12(7-8-18)16-9-10-5-4-6-11(13(10)15)17(19)20/h4-6,12,16,18H,7-9H2,1-3H3. The number of aliphatic hydroxyl groups is 1. The Morgan fingerprint density at radius 2 is 2.10 bits per heavy atom. The Morgan fingerprint density at radius 1 is 1.45 bits per heavy atom. The second-order valence-corrected chi connectivity index (χ2v) is 5.82. The molecule has 0 amide bonds. The Labute approximate surface area is 118 Å². The zero-order valence-corrected chi connectivity index (χ0v) is 12.0. The second kappa shape index (κ2) is 6.76. The first-order chi connectivity index (χ1) is 9.27. The fourth-order valence-corrected chi connectivity index (χ4v) is 2.05. The predicted octanol–water partition coefficient (Wildman–Crippen LogP) is 2.62. The summed E-state index contributed by atoms with van der Waals surface area (Å²) < 4.78 is 13.9. The van der Waals surface area contributed by atoms with Crippen molar-refractivity contribution in [2.24, 2.45) is 5.41 Å². The lowest BCUT2D eigenvalue weighted by atomic mass is 9.85. The van der Waals surface area contributed by atoms with Crippen molar-refractivity contribution in [3.8, 4) is 0 Å². The molecule has 1 aromatic carbocycles. The lowest BCUT2D eigenvalue weighted by Crippen LogP contribution is -2.40. The molecule has 0 aliphatic carbocycles. The Morgan fingerprint density at radius 3 is 2.60 bits per heavy atom. The molecule has 20 heavy (non-hydrogen) atoms. The number of nitro benzene ring substituents is 1. The highest BCUT2D eigenvalue weighted by atomic mass is 19.1. The van der Waals surface area contributed by atoms with E-state index in [2.05, 4.69) is 5.32 Å². The number of hydrogen-bond donors (Lipinski definition) is 2. The van der Waals surface area contributed by atoms with Crippen LogP contribution in [0.2, 0.25) is 0 Å². The summed E-state index contributed by atoms with van der Waals surface area (Å²) in [5.41, 5.74) is -0.356. The summed E-state index contributed by atoms with van der Waals surface area (Å²) in [5, 5.41) is 22.9. The van der Waals surface area contributed by atoms with Crippen LogP contribution >= 0.6 is 0 Å². The second-order valence-electron chi connectivity index (χ2n) is 5.82. The fourth-order valence-electron chi connectivity index (χ4n) is 2.05. The summed E-state index contributed by atoms with van der Waals surface area (Å²) in [5.74, 6) is -0.804. The van der Waals surface area contributed by atoms with Crippen molar-refractivity contribution in [1.82, 2.24) is 5.32 Å². The van der Waals surface area contributed by atoms with Crippen molar-refractivity contribution in [3.63, 3.8) is 0 Å². The number of aliphatic hydroxyl groups excluding tert-OH is 1.